The number of alkyl carbamates (subject to hydrolysis) is 1. The number of para-hydroxylation sites is 1. The largest absolute Gasteiger partial charge is 0.490 e. The van der Waals surface area contributed by atoms with E-state index < -0.39 is 23.7 Å². The third-order valence-corrected chi connectivity index (χ3v) is 4.29. The number of ether oxygens (including phenoxy) is 2. The molecule has 0 aliphatic carbocycles. The zero-order valence-corrected chi connectivity index (χ0v) is 16.5. The number of nitrogens with one attached hydrogen (secondary N) is 1. The van der Waals surface area contributed by atoms with Crippen LogP contribution in [0.4, 0.5) is 4.79 Å². The van der Waals surface area contributed by atoms with E-state index in [1.807, 2.05) is 0 Å². The van der Waals surface area contributed by atoms with Crippen molar-refractivity contribution >= 4 is 47.0 Å². The number of rotatable bonds is 8. The standard InChI is InChI=1S/C16H21Cl2NO5S/c1-16(2,3)24-15(22)19-12(14(20)21)9-25-8-7-23-13-10(17)5-4-6-11(13)18/h4-6,12H,7-9H2,1-3H3,(H,19,22)(H,20,21). The van der Waals surface area contributed by atoms with E-state index in [1.165, 1.54) is 11.8 Å². The Morgan fingerprint density at radius 2 is 1.88 bits per heavy atom. The summed E-state index contributed by atoms with van der Waals surface area (Å²) in [5.74, 6) is -0.0586. The molecule has 0 heterocycles. The fourth-order valence-electron chi connectivity index (χ4n) is 1.65. The number of aliphatic carboxylic acids is 1. The molecule has 25 heavy (non-hydrogen) atoms. The molecule has 1 rings (SSSR count). The summed E-state index contributed by atoms with van der Waals surface area (Å²) in [6, 6.07) is 4.00. The summed E-state index contributed by atoms with van der Waals surface area (Å²) in [4.78, 5) is 22.9. The van der Waals surface area contributed by atoms with Gasteiger partial charge in [0, 0.05) is 11.5 Å². The van der Waals surface area contributed by atoms with Crippen LogP contribution in [0.15, 0.2) is 18.2 Å². The predicted molar refractivity (Wildman–Crippen MR) is 100 cm³/mol. The van der Waals surface area contributed by atoms with Gasteiger partial charge in [0.15, 0.2) is 5.75 Å². The zero-order chi connectivity index (χ0) is 19.0. The molecule has 1 aromatic rings. The fourth-order valence-corrected chi connectivity index (χ4v) is 2.98. The molecular formula is C16H21Cl2NO5S. The number of benzene rings is 1. The molecule has 9 heteroatoms. The summed E-state index contributed by atoms with van der Waals surface area (Å²) >= 11 is 13.3. The number of carboxylic acid groups (broad SMARTS) is 1. The van der Waals surface area contributed by atoms with Crippen LogP contribution in [0.1, 0.15) is 20.8 Å². The van der Waals surface area contributed by atoms with E-state index in [1.54, 1.807) is 39.0 Å². The Hall–Kier alpha value is -1.31. The summed E-state index contributed by atoms with van der Waals surface area (Å²) in [5.41, 5.74) is -0.692. The summed E-state index contributed by atoms with van der Waals surface area (Å²) in [6.45, 7) is 5.41. The van der Waals surface area contributed by atoms with Crippen molar-refractivity contribution in [3.8, 4) is 5.75 Å². The molecule has 0 fully saturated rings. The average molecular weight is 410 g/mol. The topological polar surface area (TPSA) is 84.9 Å². The lowest BCUT2D eigenvalue weighted by molar-refractivity contribution is -0.138. The van der Waals surface area contributed by atoms with E-state index in [9.17, 15) is 14.7 Å². The minimum atomic E-state index is -1.13. The number of hydrogen-bond donors (Lipinski definition) is 2. The second-order valence-electron chi connectivity index (χ2n) is 6.01. The molecule has 0 saturated heterocycles. The third kappa shape index (κ3) is 8.56. The van der Waals surface area contributed by atoms with E-state index in [0.29, 0.717) is 28.2 Å². The molecule has 2 N–H and O–H groups in total. The van der Waals surface area contributed by atoms with Crippen molar-refractivity contribution in [1.82, 2.24) is 5.32 Å². The fraction of sp³-hybridized carbons (Fsp3) is 0.500. The van der Waals surface area contributed by atoms with E-state index in [0.717, 1.165) is 0 Å². The summed E-state index contributed by atoms with van der Waals surface area (Å²) in [5, 5.41) is 12.3. The van der Waals surface area contributed by atoms with Crippen LogP contribution in [0.5, 0.6) is 5.75 Å². The average Bonchev–Trinajstić information content (AvgIpc) is 2.46. The molecule has 6 nitrogen and oxygen atoms in total. The SMILES string of the molecule is CC(C)(C)OC(=O)NC(CSCCOc1c(Cl)cccc1Cl)C(=O)O. The number of carbonyl (C=O) groups excluding carboxylic acids is 1. The molecule has 1 aromatic carbocycles. The van der Waals surface area contributed by atoms with Crippen LogP contribution in [-0.2, 0) is 9.53 Å². The summed E-state index contributed by atoms with van der Waals surface area (Å²) in [7, 11) is 0. The van der Waals surface area contributed by atoms with Gasteiger partial charge in [-0.05, 0) is 32.9 Å². The number of halogens is 2. The van der Waals surface area contributed by atoms with Gasteiger partial charge < -0.3 is 19.9 Å². The number of carboxylic acids is 1. The highest BCUT2D eigenvalue weighted by Crippen LogP contribution is 2.32. The molecule has 140 valence electrons. The number of hydrogen-bond acceptors (Lipinski definition) is 5. The maximum Gasteiger partial charge on any atom is 0.408 e. The van der Waals surface area contributed by atoms with Crippen LogP contribution in [0.2, 0.25) is 10.0 Å². The molecule has 0 saturated carbocycles. The van der Waals surface area contributed by atoms with Gasteiger partial charge in [-0.15, -0.1) is 0 Å². The highest BCUT2D eigenvalue weighted by atomic mass is 35.5. The first-order chi connectivity index (χ1) is 11.6. The first-order valence-electron chi connectivity index (χ1n) is 7.47. The van der Waals surface area contributed by atoms with E-state index in [2.05, 4.69) is 5.32 Å². The van der Waals surface area contributed by atoms with Crippen molar-refractivity contribution in [3.05, 3.63) is 28.2 Å². The van der Waals surface area contributed by atoms with Crippen molar-refractivity contribution in [2.24, 2.45) is 0 Å². The first-order valence-corrected chi connectivity index (χ1v) is 9.38. The lowest BCUT2D eigenvalue weighted by atomic mass is 10.2. The highest BCUT2D eigenvalue weighted by Gasteiger charge is 2.23. The van der Waals surface area contributed by atoms with E-state index in [4.69, 9.17) is 32.7 Å². The molecule has 1 atom stereocenters. The van der Waals surface area contributed by atoms with Crippen molar-refractivity contribution < 1.29 is 24.2 Å². The van der Waals surface area contributed by atoms with Gasteiger partial charge in [-0.3, -0.25) is 0 Å². The molecule has 1 amide bonds. The lowest BCUT2D eigenvalue weighted by Crippen LogP contribution is -2.45. The Morgan fingerprint density at radius 3 is 2.40 bits per heavy atom. The van der Waals surface area contributed by atoms with Crippen LogP contribution < -0.4 is 10.1 Å². The molecule has 0 aliphatic heterocycles. The molecule has 0 aromatic heterocycles. The Labute approximate surface area is 161 Å². The second-order valence-corrected chi connectivity index (χ2v) is 7.98. The Bertz CT molecular complexity index is 586. The number of thioether (sulfide) groups is 1. The smallest absolute Gasteiger partial charge is 0.408 e. The van der Waals surface area contributed by atoms with Crippen LogP contribution in [-0.4, -0.2) is 46.9 Å². The third-order valence-electron chi connectivity index (χ3n) is 2.67. The van der Waals surface area contributed by atoms with Crippen molar-refractivity contribution in [2.75, 3.05) is 18.1 Å². The quantitative estimate of drug-likeness (QED) is 0.629. The Morgan fingerprint density at radius 1 is 1.28 bits per heavy atom. The van der Waals surface area contributed by atoms with Gasteiger partial charge in [-0.25, -0.2) is 9.59 Å². The maximum atomic E-state index is 11.7. The summed E-state index contributed by atoms with van der Waals surface area (Å²) < 4.78 is 10.6. The molecular weight excluding hydrogens is 389 g/mol. The van der Waals surface area contributed by atoms with Gasteiger partial charge in [0.25, 0.3) is 0 Å². The monoisotopic (exact) mass is 409 g/mol. The normalized spacial score (nSPS) is 12.4. The van der Waals surface area contributed by atoms with Crippen LogP contribution in [0.3, 0.4) is 0 Å². The van der Waals surface area contributed by atoms with Gasteiger partial charge in [0.2, 0.25) is 0 Å². The first kappa shape index (κ1) is 21.7. The van der Waals surface area contributed by atoms with Crippen LogP contribution in [0.25, 0.3) is 0 Å². The van der Waals surface area contributed by atoms with E-state index in [-0.39, 0.29) is 5.75 Å². The van der Waals surface area contributed by atoms with Crippen molar-refractivity contribution in [2.45, 2.75) is 32.4 Å². The van der Waals surface area contributed by atoms with Gasteiger partial charge in [-0.1, -0.05) is 29.3 Å². The van der Waals surface area contributed by atoms with Gasteiger partial charge in [0.05, 0.1) is 16.7 Å². The Kier molecular flexibility index (Phi) is 8.68. The van der Waals surface area contributed by atoms with Gasteiger partial charge in [0.1, 0.15) is 11.6 Å². The second kappa shape index (κ2) is 9.99. The predicted octanol–water partition coefficient (Wildman–Crippen LogP) is 4.08. The highest BCUT2D eigenvalue weighted by molar-refractivity contribution is 7.99. The number of amides is 1. The number of carbonyl (C=O) groups is 2. The zero-order valence-electron chi connectivity index (χ0n) is 14.2. The lowest BCUT2D eigenvalue weighted by Gasteiger charge is -2.21. The maximum absolute atomic E-state index is 11.7. The molecule has 0 spiro atoms. The van der Waals surface area contributed by atoms with Crippen molar-refractivity contribution in [3.63, 3.8) is 0 Å². The van der Waals surface area contributed by atoms with E-state index >= 15 is 0 Å². The van der Waals surface area contributed by atoms with Gasteiger partial charge in [-0.2, -0.15) is 11.8 Å². The molecule has 0 radical (unpaired) electrons. The molecule has 1 unspecified atom stereocenters. The van der Waals surface area contributed by atoms with Crippen LogP contribution >= 0.6 is 35.0 Å². The molecule has 0 bridgehead atoms. The summed E-state index contributed by atoms with van der Waals surface area (Å²) in [6.07, 6.45) is -0.764. The Balaban J connectivity index is 2.38. The van der Waals surface area contributed by atoms with Gasteiger partial charge >= 0.3 is 12.1 Å². The minimum absolute atomic E-state index is 0.175. The van der Waals surface area contributed by atoms with Crippen molar-refractivity contribution in [1.29, 1.82) is 0 Å². The van der Waals surface area contributed by atoms with Crippen LogP contribution in [0, 0.1) is 0 Å². The minimum Gasteiger partial charge on any atom is -0.490 e. The molecule has 0 aliphatic rings.